The zero-order valence-corrected chi connectivity index (χ0v) is 11.5. The molecule has 0 aliphatic rings. The Morgan fingerprint density at radius 3 is 2.10 bits per heavy atom. The maximum absolute atomic E-state index is 12.9. The topological polar surface area (TPSA) is 26.0 Å². The van der Waals surface area contributed by atoms with Crippen LogP contribution in [0, 0.1) is 0 Å². The first-order chi connectivity index (χ1) is 9.57. The van der Waals surface area contributed by atoms with Gasteiger partial charge in [-0.25, -0.2) is 0 Å². The maximum Gasteiger partial charge on any atom is 0.416 e. The normalized spacial score (nSPS) is 14.3. The molecule has 0 aliphatic heterocycles. The van der Waals surface area contributed by atoms with Gasteiger partial charge in [-0.2, -0.15) is 26.3 Å². The highest BCUT2D eigenvalue weighted by Crippen LogP contribution is 2.39. The summed E-state index contributed by atoms with van der Waals surface area (Å²) in [5.41, 5.74) is 2.97. The quantitative estimate of drug-likeness (QED) is 0.579. The van der Waals surface area contributed by atoms with E-state index in [1.165, 1.54) is 0 Å². The second-order valence-electron chi connectivity index (χ2n) is 4.90. The fourth-order valence-corrected chi connectivity index (χ4v) is 2.07. The molecule has 1 atom stereocenters. The monoisotopic (exact) mass is 313 g/mol. The lowest BCUT2D eigenvalue weighted by molar-refractivity contribution is -0.142. The minimum absolute atomic E-state index is 0.220. The summed E-state index contributed by atoms with van der Waals surface area (Å²) in [7, 11) is 0. The molecule has 0 heterocycles. The highest BCUT2D eigenvalue weighted by molar-refractivity contribution is 5.37. The zero-order valence-electron chi connectivity index (χ0n) is 11.5. The Bertz CT molecular complexity index is 464. The third-order valence-electron chi connectivity index (χ3n) is 3.20. The van der Waals surface area contributed by atoms with Crippen LogP contribution in [-0.2, 0) is 12.4 Å². The molecule has 0 radical (unpaired) electrons. The molecule has 0 amide bonds. The molecule has 0 aromatic heterocycles. The summed E-state index contributed by atoms with van der Waals surface area (Å²) in [5.74, 6) is 0. The van der Waals surface area contributed by atoms with E-state index in [0.29, 0.717) is 24.6 Å². The van der Waals surface area contributed by atoms with Crippen molar-refractivity contribution >= 4 is 0 Å². The van der Waals surface area contributed by atoms with Gasteiger partial charge in [-0.3, -0.25) is 0 Å². The van der Waals surface area contributed by atoms with E-state index in [-0.39, 0.29) is 6.42 Å². The molecule has 2 N–H and O–H groups in total. The molecular weight excluding hydrogens is 296 g/mol. The predicted molar refractivity (Wildman–Crippen MR) is 67.5 cm³/mol. The van der Waals surface area contributed by atoms with Crippen molar-refractivity contribution in [1.29, 1.82) is 0 Å². The van der Waals surface area contributed by atoms with Crippen LogP contribution in [0.4, 0.5) is 26.3 Å². The van der Waals surface area contributed by atoms with E-state index in [2.05, 4.69) is 0 Å². The number of unbranched alkanes of at least 4 members (excludes halogenated alkanes) is 2. The minimum atomic E-state index is -4.72. The van der Waals surface area contributed by atoms with Gasteiger partial charge in [-0.1, -0.05) is 26.2 Å². The number of nitrogens with two attached hydrogens (primary N) is 1. The highest BCUT2D eigenvalue weighted by Gasteiger charge is 2.37. The summed E-state index contributed by atoms with van der Waals surface area (Å²) in [6.07, 6.45) is -7.00. The van der Waals surface area contributed by atoms with E-state index < -0.39 is 35.1 Å². The average molecular weight is 313 g/mol. The Morgan fingerprint density at radius 1 is 1.00 bits per heavy atom. The van der Waals surface area contributed by atoms with E-state index in [4.69, 9.17) is 5.73 Å². The molecule has 1 aromatic carbocycles. The third-order valence-corrected chi connectivity index (χ3v) is 3.20. The second kappa shape index (κ2) is 6.68. The molecule has 0 bridgehead atoms. The molecule has 21 heavy (non-hydrogen) atoms. The SMILES string of the molecule is CCCCC[C@@H](N)c1cc(C(F)(F)F)ccc1C(F)(F)F. The molecule has 0 aliphatic carbocycles. The van der Waals surface area contributed by atoms with Gasteiger partial charge in [-0.15, -0.1) is 0 Å². The van der Waals surface area contributed by atoms with Crippen molar-refractivity contribution in [2.24, 2.45) is 5.73 Å². The summed E-state index contributed by atoms with van der Waals surface area (Å²) >= 11 is 0. The lowest BCUT2D eigenvalue weighted by atomic mass is 9.94. The van der Waals surface area contributed by atoms with Crippen molar-refractivity contribution in [3.05, 3.63) is 34.9 Å². The van der Waals surface area contributed by atoms with Crippen LogP contribution in [0.15, 0.2) is 18.2 Å². The summed E-state index contributed by atoms with van der Waals surface area (Å²) in [6.45, 7) is 1.91. The molecule has 1 aromatic rings. The molecule has 120 valence electrons. The van der Waals surface area contributed by atoms with Gasteiger partial charge in [0.05, 0.1) is 11.1 Å². The largest absolute Gasteiger partial charge is 0.416 e. The van der Waals surface area contributed by atoms with Gasteiger partial charge in [-0.05, 0) is 30.2 Å². The number of hydrogen-bond donors (Lipinski definition) is 1. The summed E-state index contributed by atoms with van der Waals surface area (Å²) in [4.78, 5) is 0. The van der Waals surface area contributed by atoms with E-state index in [1.807, 2.05) is 6.92 Å². The number of alkyl halides is 6. The van der Waals surface area contributed by atoms with Crippen LogP contribution in [0.25, 0.3) is 0 Å². The van der Waals surface area contributed by atoms with Crippen LogP contribution >= 0.6 is 0 Å². The van der Waals surface area contributed by atoms with Crippen LogP contribution in [-0.4, -0.2) is 0 Å². The maximum atomic E-state index is 12.9. The third kappa shape index (κ3) is 4.91. The summed E-state index contributed by atoms with van der Waals surface area (Å²) in [6, 6.07) is 0.345. The number of halogens is 6. The molecule has 0 spiro atoms. The van der Waals surface area contributed by atoms with Gasteiger partial charge in [0.25, 0.3) is 0 Å². The van der Waals surface area contributed by atoms with E-state index >= 15 is 0 Å². The van der Waals surface area contributed by atoms with Gasteiger partial charge in [0, 0.05) is 6.04 Å². The summed E-state index contributed by atoms with van der Waals surface area (Å²) < 4.78 is 76.6. The summed E-state index contributed by atoms with van der Waals surface area (Å²) in [5, 5.41) is 0. The zero-order chi connectivity index (χ0) is 16.3. The van der Waals surface area contributed by atoms with Crippen molar-refractivity contribution in [1.82, 2.24) is 0 Å². The lowest BCUT2D eigenvalue weighted by Gasteiger charge is -2.20. The molecule has 7 heteroatoms. The smallest absolute Gasteiger partial charge is 0.324 e. The van der Waals surface area contributed by atoms with E-state index in [0.717, 1.165) is 12.8 Å². The molecule has 1 rings (SSSR count). The Kier molecular flexibility index (Phi) is 5.67. The van der Waals surface area contributed by atoms with Crippen LogP contribution < -0.4 is 5.73 Å². The van der Waals surface area contributed by atoms with E-state index in [9.17, 15) is 26.3 Å². The molecule has 0 saturated heterocycles. The molecule has 1 nitrogen and oxygen atoms in total. The molecular formula is C14H17F6N. The van der Waals surface area contributed by atoms with Crippen molar-refractivity contribution in [3.63, 3.8) is 0 Å². The lowest BCUT2D eigenvalue weighted by Crippen LogP contribution is -2.19. The number of hydrogen-bond acceptors (Lipinski definition) is 1. The van der Waals surface area contributed by atoms with Crippen molar-refractivity contribution in [3.8, 4) is 0 Å². The Balaban J connectivity index is 3.17. The number of rotatable bonds is 5. The van der Waals surface area contributed by atoms with Gasteiger partial charge >= 0.3 is 12.4 Å². The standard InChI is InChI=1S/C14H17F6N/c1-2-3-4-5-12(21)10-8-9(13(15,16)17)6-7-11(10)14(18,19)20/h6-8,12H,2-5,21H2,1H3/t12-/m1/s1. The molecule has 0 saturated carbocycles. The van der Waals surface area contributed by atoms with Crippen LogP contribution in [0.5, 0.6) is 0 Å². The second-order valence-corrected chi connectivity index (χ2v) is 4.90. The first kappa shape index (κ1) is 17.8. The fourth-order valence-electron chi connectivity index (χ4n) is 2.07. The Labute approximate surface area is 119 Å². The van der Waals surface area contributed by atoms with Gasteiger partial charge in [0.2, 0.25) is 0 Å². The minimum Gasteiger partial charge on any atom is -0.324 e. The fraction of sp³-hybridized carbons (Fsp3) is 0.571. The van der Waals surface area contributed by atoms with Crippen LogP contribution in [0.2, 0.25) is 0 Å². The van der Waals surface area contributed by atoms with Gasteiger partial charge in [0.15, 0.2) is 0 Å². The average Bonchev–Trinajstić information content (AvgIpc) is 2.36. The van der Waals surface area contributed by atoms with Crippen LogP contribution in [0.3, 0.4) is 0 Å². The van der Waals surface area contributed by atoms with E-state index in [1.54, 1.807) is 0 Å². The van der Waals surface area contributed by atoms with Crippen molar-refractivity contribution in [2.75, 3.05) is 0 Å². The Hall–Kier alpha value is -1.24. The molecule has 0 fully saturated rings. The number of benzene rings is 1. The predicted octanol–water partition coefficient (Wildman–Crippen LogP) is 5.30. The highest BCUT2D eigenvalue weighted by atomic mass is 19.4. The van der Waals surface area contributed by atoms with Crippen molar-refractivity contribution in [2.45, 2.75) is 51.0 Å². The van der Waals surface area contributed by atoms with Gasteiger partial charge < -0.3 is 5.73 Å². The van der Waals surface area contributed by atoms with Gasteiger partial charge in [0.1, 0.15) is 0 Å². The first-order valence-corrected chi connectivity index (χ1v) is 6.61. The Morgan fingerprint density at radius 2 is 1.62 bits per heavy atom. The first-order valence-electron chi connectivity index (χ1n) is 6.61. The molecule has 0 unspecified atom stereocenters. The van der Waals surface area contributed by atoms with Crippen molar-refractivity contribution < 1.29 is 26.3 Å². The van der Waals surface area contributed by atoms with Crippen LogP contribution in [0.1, 0.15) is 55.3 Å².